The van der Waals surface area contributed by atoms with Crippen LogP contribution in [0.4, 0.5) is 15.2 Å². The molecule has 0 radical (unpaired) electrons. The molecule has 0 fully saturated rings. The molecule has 6 nitrogen and oxygen atoms in total. The SMILES string of the molecule is C=CCn1c(SCc2csc(N(C(C)=O)c3ccccc3F)n2)nnc1-c1cccc(C)c1. The van der Waals surface area contributed by atoms with Gasteiger partial charge in [-0.3, -0.25) is 14.3 Å². The van der Waals surface area contributed by atoms with Crippen molar-refractivity contribution in [2.24, 2.45) is 0 Å². The van der Waals surface area contributed by atoms with E-state index in [1.54, 1.807) is 18.2 Å². The highest BCUT2D eigenvalue weighted by Crippen LogP contribution is 2.33. The highest BCUT2D eigenvalue weighted by Gasteiger charge is 2.21. The number of thiazole rings is 1. The van der Waals surface area contributed by atoms with Gasteiger partial charge in [0.2, 0.25) is 5.91 Å². The first-order chi connectivity index (χ1) is 16.0. The second-order valence-electron chi connectivity index (χ2n) is 7.29. The van der Waals surface area contributed by atoms with E-state index >= 15 is 0 Å². The zero-order valence-corrected chi connectivity index (χ0v) is 19.9. The zero-order valence-electron chi connectivity index (χ0n) is 18.2. The van der Waals surface area contributed by atoms with Gasteiger partial charge >= 0.3 is 0 Å². The van der Waals surface area contributed by atoms with Gasteiger partial charge in [0, 0.05) is 30.2 Å². The molecule has 0 saturated carbocycles. The first kappa shape index (κ1) is 22.9. The fraction of sp³-hybridized carbons (Fsp3) is 0.167. The van der Waals surface area contributed by atoms with Gasteiger partial charge in [-0.1, -0.05) is 53.7 Å². The van der Waals surface area contributed by atoms with Crippen molar-refractivity contribution < 1.29 is 9.18 Å². The third-order valence-electron chi connectivity index (χ3n) is 4.79. The Morgan fingerprint density at radius 2 is 2.06 bits per heavy atom. The molecule has 2 aromatic carbocycles. The van der Waals surface area contributed by atoms with Crippen molar-refractivity contribution >= 4 is 39.8 Å². The first-order valence-electron chi connectivity index (χ1n) is 10.2. The van der Waals surface area contributed by atoms with E-state index < -0.39 is 5.82 Å². The fourth-order valence-electron chi connectivity index (χ4n) is 3.33. The lowest BCUT2D eigenvalue weighted by atomic mass is 10.1. The van der Waals surface area contributed by atoms with Crippen molar-refractivity contribution in [3.05, 3.63) is 83.6 Å². The number of anilines is 2. The summed E-state index contributed by atoms with van der Waals surface area (Å²) in [5.41, 5.74) is 3.10. The van der Waals surface area contributed by atoms with Crippen LogP contribution in [-0.2, 0) is 17.1 Å². The number of halogens is 1. The average molecular weight is 480 g/mol. The van der Waals surface area contributed by atoms with Crippen molar-refractivity contribution in [3.63, 3.8) is 0 Å². The van der Waals surface area contributed by atoms with Crippen LogP contribution in [0.2, 0.25) is 0 Å². The first-order valence-corrected chi connectivity index (χ1v) is 12.1. The van der Waals surface area contributed by atoms with Crippen LogP contribution >= 0.6 is 23.1 Å². The quantitative estimate of drug-likeness (QED) is 0.229. The number of para-hydroxylation sites is 1. The number of aryl methyl sites for hydroxylation is 1. The maximum atomic E-state index is 14.3. The summed E-state index contributed by atoms with van der Waals surface area (Å²) in [5, 5.41) is 11.8. The number of aromatic nitrogens is 4. The minimum atomic E-state index is -0.472. The molecular formula is C24H22FN5OS2. The van der Waals surface area contributed by atoms with Crippen LogP contribution in [0.3, 0.4) is 0 Å². The van der Waals surface area contributed by atoms with Crippen molar-refractivity contribution in [2.75, 3.05) is 4.90 Å². The topological polar surface area (TPSA) is 63.9 Å². The normalized spacial score (nSPS) is 10.9. The van der Waals surface area contributed by atoms with E-state index in [0.717, 1.165) is 27.8 Å². The Labute approximate surface area is 199 Å². The third kappa shape index (κ3) is 5.04. The van der Waals surface area contributed by atoms with Crippen LogP contribution in [0.1, 0.15) is 18.2 Å². The lowest BCUT2D eigenvalue weighted by Gasteiger charge is -2.18. The Morgan fingerprint density at radius 1 is 1.24 bits per heavy atom. The number of allylic oxidation sites excluding steroid dienone is 1. The second kappa shape index (κ2) is 10.1. The molecule has 33 heavy (non-hydrogen) atoms. The lowest BCUT2D eigenvalue weighted by Crippen LogP contribution is -2.23. The molecule has 0 bridgehead atoms. The summed E-state index contributed by atoms with van der Waals surface area (Å²) in [6, 6.07) is 14.3. The van der Waals surface area contributed by atoms with Crippen molar-refractivity contribution in [1.82, 2.24) is 19.7 Å². The maximum absolute atomic E-state index is 14.3. The van der Waals surface area contributed by atoms with Crippen molar-refractivity contribution in [1.29, 1.82) is 0 Å². The standard InChI is InChI=1S/C24H22FN5OS2/c1-4-12-29-22(18-9-7-8-16(2)13-18)27-28-24(29)33-15-19-14-32-23(26-19)30(17(3)31)21-11-6-5-10-20(21)25/h4-11,13-14H,1,12,15H2,2-3H3. The number of carbonyl (C=O) groups is 1. The highest BCUT2D eigenvalue weighted by molar-refractivity contribution is 7.98. The molecular weight excluding hydrogens is 457 g/mol. The zero-order chi connectivity index (χ0) is 23.4. The Kier molecular flexibility index (Phi) is 7.00. The Hall–Kier alpha value is -3.30. The average Bonchev–Trinajstić information content (AvgIpc) is 3.41. The summed E-state index contributed by atoms with van der Waals surface area (Å²) in [6.45, 7) is 7.87. The van der Waals surface area contributed by atoms with Gasteiger partial charge in [-0.2, -0.15) is 0 Å². The number of nitrogens with zero attached hydrogens (tertiary/aromatic N) is 5. The monoisotopic (exact) mass is 479 g/mol. The third-order valence-corrected chi connectivity index (χ3v) is 6.67. The molecule has 2 heterocycles. The van der Waals surface area contributed by atoms with Crippen molar-refractivity contribution in [2.45, 2.75) is 31.3 Å². The van der Waals surface area contributed by atoms with Gasteiger partial charge in [0.25, 0.3) is 0 Å². The van der Waals surface area contributed by atoms with Gasteiger partial charge in [0.05, 0.1) is 11.4 Å². The van der Waals surface area contributed by atoms with Gasteiger partial charge in [0.15, 0.2) is 16.1 Å². The van der Waals surface area contributed by atoms with Crippen LogP contribution in [0, 0.1) is 12.7 Å². The summed E-state index contributed by atoms with van der Waals surface area (Å²) >= 11 is 2.80. The number of benzene rings is 2. The molecule has 0 atom stereocenters. The van der Waals surface area contributed by atoms with Crippen LogP contribution in [0.5, 0.6) is 0 Å². The van der Waals surface area contributed by atoms with E-state index in [4.69, 9.17) is 0 Å². The molecule has 0 aliphatic rings. The molecule has 0 aliphatic heterocycles. The maximum Gasteiger partial charge on any atom is 0.230 e. The van der Waals surface area contributed by atoms with E-state index in [-0.39, 0.29) is 11.6 Å². The van der Waals surface area contributed by atoms with Gasteiger partial charge in [-0.05, 0) is 25.1 Å². The molecule has 0 unspecified atom stereocenters. The summed E-state index contributed by atoms with van der Waals surface area (Å²) < 4.78 is 16.3. The van der Waals surface area contributed by atoms with Gasteiger partial charge in [-0.25, -0.2) is 9.37 Å². The Morgan fingerprint density at radius 3 is 2.79 bits per heavy atom. The summed E-state index contributed by atoms with van der Waals surface area (Å²) in [7, 11) is 0. The second-order valence-corrected chi connectivity index (χ2v) is 9.07. The Balaban J connectivity index is 1.55. The molecule has 2 aromatic heterocycles. The van der Waals surface area contributed by atoms with E-state index in [9.17, 15) is 9.18 Å². The number of amides is 1. The molecule has 4 aromatic rings. The van der Waals surface area contributed by atoms with Gasteiger partial charge in [-0.15, -0.1) is 28.1 Å². The number of hydrogen-bond acceptors (Lipinski definition) is 6. The fourth-order valence-corrected chi connectivity index (χ4v) is 5.16. The van der Waals surface area contributed by atoms with Crippen molar-refractivity contribution in [3.8, 4) is 11.4 Å². The molecule has 1 amide bonds. The lowest BCUT2D eigenvalue weighted by molar-refractivity contribution is -0.115. The minimum absolute atomic E-state index is 0.187. The summed E-state index contributed by atoms with van der Waals surface area (Å²) in [6.07, 6.45) is 1.81. The molecule has 4 rings (SSSR count). The van der Waals surface area contributed by atoms with Crippen LogP contribution in [0.15, 0.2) is 71.7 Å². The molecule has 0 saturated heterocycles. The van der Waals surface area contributed by atoms with E-state index in [1.807, 2.05) is 41.1 Å². The summed E-state index contributed by atoms with van der Waals surface area (Å²) in [5.74, 6) is 0.535. The number of carbonyl (C=O) groups excluding carboxylic acids is 1. The van der Waals surface area contributed by atoms with E-state index in [0.29, 0.717) is 17.4 Å². The van der Waals surface area contributed by atoms with Crippen LogP contribution in [-0.4, -0.2) is 25.7 Å². The summed E-state index contributed by atoms with van der Waals surface area (Å²) in [4.78, 5) is 18.1. The predicted octanol–water partition coefficient (Wildman–Crippen LogP) is 6.01. The molecule has 0 N–H and O–H groups in total. The van der Waals surface area contributed by atoms with E-state index in [2.05, 4.69) is 27.8 Å². The number of thioether (sulfide) groups is 1. The molecule has 0 spiro atoms. The van der Waals surface area contributed by atoms with Gasteiger partial charge in [0.1, 0.15) is 5.82 Å². The Bertz CT molecular complexity index is 1300. The van der Waals surface area contributed by atoms with Crippen LogP contribution in [0.25, 0.3) is 11.4 Å². The van der Waals surface area contributed by atoms with E-state index in [1.165, 1.54) is 41.0 Å². The molecule has 0 aliphatic carbocycles. The minimum Gasteiger partial charge on any atom is -0.298 e. The van der Waals surface area contributed by atoms with Gasteiger partial charge < -0.3 is 0 Å². The number of hydrogen-bond donors (Lipinski definition) is 0. The predicted molar refractivity (Wildman–Crippen MR) is 131 cm³/mol. The smallest absolute Gasteiger partial charge is 0.230 e. The molecule has 168 valence electrons. The van der Waals surface area contributed by atoms with Crippen LogP contribution < -0.4 is 4.90 Å². The molecule has 9 heteroatoms. The highest BCUT2D eigenvalue weighted by atomic mass is 32.2. The largest absolute Gasteiger partial charge is 0.298 e. The number of rotatable bonds is 8.